The highest BCUT2D eigenvalue weighted by atomic mass is 32.2. The smallest absolute Gasteiger partial charge is 0.323 e. The molecule has 1 N–H and O–H groups in total. The molecule has 176 valence electrons. The second kappa shape index (κ2) is 8.35. The van der Waals surface area contributed by atoms with Gasteiger partial charge in [-0.2, -0.15) is 13.7 Å². The molecule has 12 heteroatoms. The van der Waals surface area contributed by atoms with Crippen LogP contribution in [0, 0.1) is 17.1 Å². The predicted octanol–water partition coefficient (Wildman–Crippen LogP) is 3.22. The van der Waals surface area contributed by atoms with Crippen LogP contribution in [0.25, 0.3) is 10.9 Å². The molecule has 34 heavy (non-hydrogen) atoms. The van der Waals surface area contributed by atoms with Gasteiger partial charge in [-0.3, -0.25) is 18.9 Å². The molecule has 2 aromatic carbocycles. The van der Waals surface area contributed by atoms with E-state index in [9.17, 15) is 22.9 Å². The zero-order chi connectivity index (χ0) is 24.0. The first kappa shape index (κ1) is 22.3. The quantitative estimate of drug-likeness (QED) is 0.486. The standard InChI is InChI=1S/C22H20FN5O5S/c1-27(33-14-4-5-14)34(30,31)26-20-9-7-18(23)21(17(20)11-24)32-15-6-8-19-16(10-15)22(29)28(12-25-19)13-2-3-13/h6-10,12-14,26H,2-5H2,1H3. The predicted molar refractivity (Wildman–Crippen MR) is 120 cm³/mol. The Labute approximate surface area is 194 Å². The second-order valence-corrected chi connectivity index (χ2v) is 9.87. The van der Waals surface area contributed by atoms with Crippen LogP contribution >= 0.6 is 0 Å². The lowest BCUT2D eigenvalue weighted by molar-refractivity contribution is -0.0764. The Kier molecular flexibility index (Phi) is 5.47. The van der Waals surface area contributed by atoms with Crippen molar-refractivity contribution in [1.82, 2.24) is 14.0 Å². The molecule has 5 rings (SSSR count). The van der Waals surface area contributed by atoms with Crippen molar-refractivity contribution >= 4 is 26.8 Å². The molecular formula is C22H20FN5O5S. The van der Waals surface area contributed by atoms with E-state index in [-0.39, 0.29) is 34.7 Å². The fraction of sp³-hybridized carbons (Fsp3) is 0.318. The Morgan fingerprint density at radius 2 is 2.00 bits per heavy atom. The average molecular weight is 485 g/mol. The van der Waals surface area contributed by atoms with Crippen LogP contribution in [0.1, 0.15) is 37.3 Å². The van der Waals surface area contributed by atoms with Crippen LogP contribution in [0.15, 0.2) is 41.5 Å². The first-order chi connectivity index (χ1) is 16.3. The molecule has 2 fully saturated rings. The fourth-order valence-electron chi connectivity index (χ4n) is 3.41. The summed E-state index contributed by atoms with van der Waals surface area (Å²) in [4.78, 5) is 22.4. The van der Waals surface area contributed by atoms with Gasteiger partial charge in [-0.1, -0.05) is 4.47 Å². The maximum Gasteiger partial charge on any atom is 0.323 e. The maximum atomic E-state index is 14.7. The molecule has 1 aromatic heterocycles. The zero-order valence-corrected chi connectivity index (χ0v) is 18.9. The van der Waals surface area contributed by atoms with E-state index in [2.05, 4.69) is 9.71 Å². The summed E-state index contributed by atoms with van der Waals surface area (Å²) in [5, 5.41) is 9.97. The highest BCUT2D eigenvalue weighted by molar-refractivity contribution is 7.90. The maximum absolute atomic E-state index is 14.7. The monoisotopic (exact) mass is 485 g/mol. The van der Waals surface area contributed by atoms with Crippen molar-refractivity contribution < 1.29 is 22.4 Å². The summed E-state index contributed by atoms with van der Waals surface area (Å²) in [5.41, 5.74) is -0.316. The summed E-state index contributed by atoms with van der Waals surface area (Å²) >= 11 is 0. The first-order valence-electron chi connectivity index (χ1n) is 10.6. The molecule has 0 bridgehead atoms. The van der Waals surface area contributed by atoms with Gasteiger partial charge in [-0.25, -0.2) is 9.37 Å². The van der Waals surface area contributed by atoms with Gasteiger partial charge in [-0.05, 0) is 56.0 Å². The number of halogens is 1. The second-order valence-electron chi connectivity index (χ2n) is 8.20. The molecule has 0 atom stereocenters. The van der Waals surface area contributed by atoms with E-state index in [1.165, 1.54) is 25.5 Å². The summed E-state index contributed by atoms with van der Waals surface area (Å²) in [6, 6.07) is 8.51. The van der Waals surface area contributed by atoms with Crippen molar-refractivity contribution in [2.45, 2.75) is 37.8 Å². The van der Waals surface area contributed by atoms with Crippen molar-refractivity contribution in [3.63, 3.8) is 0 Å². The molecule has 3 aromatic rings. The number of nitrogens with zero attached hydrogens (tertiary/aromatic N) is 4. The minimum Gasteiger partial charge on any atom is -0.453 e. The van der Waals surface area contributed by atoms with Gasteiger partial charge in [0.15, 0.2) is 11.6 Å². The third-order valence-electron chi connectivity index (χ3n) is 5.54. The molecule has 0 unspecified atom stereocenters. The number of anilines is 1. The Hall–Kier alpha value is -3.53. The van der Waals surface area contributed by atoms with E-state index in [0.717, 1.165) is 37.8 Å². The lowest BCUT2D eigenvalue weighted by Gasteiger charge is -2.19. The minimum atomic E-state index is -4.17. The lowest BCUT2D eigenvalue weighted by Crippen LogP contribution is -2.33. The van der Waals surface area contributed by atoms with Gasteiger partial charge in [0.1, 0.15) is 17.4 Å². The van der Waals surface area contributed by atoms with Crippen LogP contribution in [0.3, 0.4) is 0 Å². The largest absolute Gasteiger partial charge is 0.453 e. The third-order valence-corrected chi connectivity index (χ3v) is 6.78. The van der Waals surface area contributed by atoms with Crippen LogP contribution in [0.2, 0.25) is 0 Å². The molecule has 0 radical (unpaired) electrons. The van der Waals surface area contributed by atoms with Gasteiger partial charge < -0.3 is 4.74 Å². The molecule has 2 saturated carbocycles. The van der Waals surface area contributed by atoms with Gasteiger partial charge in [0.2, 0.25) is 0 Å². The molecule has 2 aliphatic rings. The van der Waals surface area contributed by atoms with Gasteiger partial charge in [0, 0.05) is 13.1 Å². The number of nitrogens with one attached hydrogen (secondary N) is 1. The van der Waals surface area contributed by atoms with Gasteiger partial charge in [0.05, 0.1) is 29.0 Å². The van der Waals surface area contributed by atoms with Gasteiger partial charge in [0.25, 0.3) is 5.56 Å². The van der Waals surface area contributed by atoms with Crippen LogP contribution in [0.5, 0.6) is 11.5 Å². The zero-order valence-electron chi connectivity index (χ0n) is 18.1. The average Bonchev–Trinajstić information content (AvgIpc) is 3.72. The summed E-state index contributed by atoms with van der Waals surface area (Å²) in [6.07, 6.45) is 4.66. The van der Waals surface area contributed by atoms with Crippen LogP contribution in [-0.4, -0.2) is 35.6 Å². The number of hydrogen-bond acceptors (Lipinski definition) is 7. The SMILES string of the molecule is CN(OC1CC1)S(=O)(=O)Nc1ccc(F)c(Oc2ccc3ncn(C4CC4)c(=O)c3c2)c1C#N. The van der Waals surface area contributed by atoms with Crippen LogP contribution in [0.4, 0.5) is 10.1 Å². The topological polar surface area (TPSA) is 127 Å². The number of aromatic nitrogens is 2. The van der Waals surface area contributed by atoms with E-state index in [4.69, 9.17) is 9.57 Å². The molecular weight excluding hydrogens is 465 g/mol. The van der Waals surface area contributed by atoms with E-state index >= 15 is 0 Å². The molecule has 1 heterocycles. The van der Waals surface area contributed by atoms with Crippen molar-refractivity contribution in [2.75, 3.05) is 11.8 Å². The van der Waals surface area contributed by atoms with E-state index in [1.807, 2.05) is 0 Å². The summed E-state index contributed by atoms with van der Waals surface area (Å²) in [7, 11) is -2.94. The Morgan fingerprint density at radius 3 is 2.68 bits per heavy atom. The Balaban J connectivity index is 1.48. The van der Waals surface area contributed by atoms with Crippen LogP contribution in [-0.2, 0) is 15.0 Å². The Bertz CT molecular complexity index is 1490. The van der Waals surface area contributed by atoms with Gasteiger partial charge >= 0.3 is 10.2 Å². The highest BCUT2D eigenvalue weighted by Gasteiger charge is 2.30. The minimum absolute atomic E-state index is 0.101. The number of fused-ring (bicyclic) bond motifs is 1. The van der Waals surface area contributed by atoms with Crippen LogP contribution < -0.4 is 15.0 Å². The lowest BCUT2D eigenvalue weighted by atomic mass is 10.1. The molecule has 0 saturated heterocycles. The first-order valence-corrected chi connectivity index (χ1v) is 12.1. The number of benzene rings is 2. The number of hydrogen-bond donors (Lipinski definition) is 1. The fourth-order valence-corrected chi connectivity index (χ4v) is 4.22. The molecule has 0 aliphatic heterocycles. The number of nitriles is 1. The molecule has 0 spiro atoms. The van der Waals surface area contributed by atoms with Crippen molar-refractivity contribution in [3.05, 3.63) is 58.4 Å². The Morgan fingerprint density at radius 1 is 1.24 bits per heavy atom. The summed E-state index contributed by atoms with van der Waals surface area (Å²) in [6.45, 7) is 0. The number of ether oxygens (including phenoxy) is 1. The number of hydroxylamine groups is 1. The van der Waals surface area contributed by atoms with Crippen molar-refractivity contribution in [3.8, 4) is 17.6 Å². The van der Waals surface area contributed by atoms with E-state index in [0.29, 0.717) is 15.4 Å². The molecule has 0 amide bonds. The number of rotatable bonds is 8. The van der Waals surface area contributed by atoms with Gasteiger partial charge in [-0.15, -0.1) is 0 Å². The summed E-state index contributed by atoms with van der Waals surface area (Å²) in [5.74, 6) is -1.24. The third kappa shape index (κ3) is 4.33. The van der Waals surface area contributed by atoms with E-state index in [1.54, 1.807) is 16.7 Å². The normalized spacial score (nSPS) is 15.9. The van der Waals surface area contributed by atoms with Crippen molar-refractivity contribution in [2.24, 2.45) is 0 Å². The van der Waals surface area contributed by atoms with E-state index < -0.39 is 21.8 Å². The molecule has 10 nitrogen and oxygen atoms in total. The summed E-state index contributed by atoms with van der Waals surface area (Å²) < 4.78 is 49.9. The highest BCUT2D eigenvalue weighted by Crippen LogP contribution is 2.36. The van der Waals surface area contributed by atoms with Crippen molar-refractivity contribution in [1.29, 1.82) is 5.26 Å². The molecule has 2 aliphatic carbocycles.